The molecule has 0 aliphatic rings. The molecule has 4 heteroatoms. The molecule has 0 amide bonds. The Morgan fingerprint density at radius 1 is 1.50 bits per heavy atom. The van der Waals surface area contributed by atoms with Crippen molar-refractivity contribution in [1.29, 1.82) is 0 Å². The van der Waals surface area contributed by atoms with E-state index in [2.05, 4.69) is 0 Å². The monoisotopic (exact) mass is 173 g/mol. The lowest BCUT2D eigenvalue weighted by molar-refractivity contribution is -0.131. The van der Waals surface area contributed by atoms with Gasteiger partial charge in [-0.2, -0.15) is 0 Å². The molecule has 0 heterocycles. The van der Waals surface area contributed by atoms with Gasteiger partial charge >= 0.3 is 5.97 Å². The first-order chi connectivity index (χ1) is 7.29. The molecule has 0 saturated carbocycles. The van der Waals surface area contributed by atoms with Crippen molar-refractivity contribution in [3.63, 3.8) is 0 Å². The third-order valence-corrected chi connectivity index (χ3v) is 1.02. The normalized spacial score (nSPS) is 14.1. The molecule has 12 heavy (non-hydrogen) atoms. The molecule has 0 radical (unpaired) electrons. The average Bonchev–Trinajstić information content (AvgIpc) is 2.23. The molecular formula is C8H5FO3. The molecule has 62 valence electrons. The minimum atomic E-state index is -1.95. The Morgan fingerprint density at radius 3 is 2.75 bits per heavy atom. The van der Waals surface area contributed by atoms with Crippen molar-refractivity contribution in [1.82, 2.24) is 0 Å². The molecule has 0 spiro atoms. The predicted octanol–water partition coefficient (Wildman–Crippen LogP) is 1.09. The van der Waals surface area contributed by atoms with Crippen LogP contribution in [0, 0.1) is 5.82 Å². The van der Waals surface area contributed by atoms with Crippen LogP contribution in [0.3, 0.4) is 0 Å². The highest BCUT2D eigenvalue weighted by Crippen LogP contribution is 2.03. The highest BCUT2D eigenvalue weighted by molar-refractivity contribution is 6.39. The zero-order chi connectivity index (χ0) is 12.6. The topological polar surface area (TPSA) is 54.4 Å². The molecule has 0 bridgehead atoms. The molecule has 0 atom stereocenters. The van der Waals surface area contributed by atoms with Crippen LogP contribution in [0.2, 0.25) is 0 Å². The number of carboxylic acids is 1. The first-order valence-corrected chi connectivity index (χ1v) is 2.82. The summed E-state index contributed by atoms with van der Waals surface area (Å²) in [7, 11) is 0. The second kappa shape index (κ2) is 3.13. The number of halogens is 1. The first kappa shape index (κ1) is 4.35. The van der Waals surface area contributed by atoms with E-state index in [1.165, 1.54) is 0 Å². The van der Waals surface area contributed by atoms with Crippen LogP contribution < -0.4 is 0 Å². The number of ketones is 1. The molecule has 0 aliphatic carbocycles. The van der Waals surface area contributed by atoms with Gasteiger partial charge in [-0.15, -0.1) is 0 Å². The van der Waals surface area contributed by atoms with Gasteiger partial charge in [0.25, 0.3) is 5.78 Å². The summed E-state index contributed by atoms with van der Waals surface area (Å²) in [6.45, 7) is 0. The third-order valence-electron chi connectivity index (χ3n) is 1.02. The van der Waals surface area contributed by atoms with Crippen LogP contribution in [0.4, 0.5) is 4.39 Å². The highest BCUT2D eigenvalue weighted by Gasteiger charge is 2.13. The number of Topliss-reactive ketones (excluding diaryl/α,β-unsaturated/α-hetero) is 1. The van der Waals surface area contributed by atoms with E-state index in [-0.39, 0.29) is 0 Å². The fraction of sp³-hybridized carbons (Fsp3) is 0. The van der Waals surface area contributed by atoms with Gasteiger partial charge in [-0.05, 0) is 12.1 Å². The lowest BCUT2D eigenvalue weighted by atomic mass is 10.3. The van der Waals surface area contributed by atoms with Gasteiger partial charge in [-0.25, -0.2) is 9.18 Å². The number of benzene rings is 1. The van der Waals surface area contributed by atoms with E-state index in [0.717, 1.165) is 0 Å². The van der Waals surface area contributed by atoms with Crippen molar-refractivity contribution in [3.8, 4) is 0 Å². The Hall–Kier alpha value is -1.71. The molecule has 1 aromatic rings. The van der Waals surface area contributed by atoms with Gasteiger partial charge in [-0.1, -0.05) is 12.1 Å². The number of aliphatic carboxylic acids is 1. The maximum atomic E-state index is 13.1. The summed E-state index contributed by atoms with van der Waals surface area (Å²) in [5, 5.41) is 8.39. The molecule has 1 rings (SSSR count). The zero-order valence-electron chi connectivity index (χ0n) is 9.64. The van der Waals surface area contributed by atoms with Crippen molar-refractivity contribution >= 4 is 11.8 Å². The molecule has 0 saturated heterocycles. The number of rotatable bonds is 2. The molecular weight excluding hydrogens is 164 g/mol. The third kappa shape index (κ3) is 1.66. The fourth-order valence-electron chi connectivity index (χ4n) is 0.541. The molecule has 0 fully saturated rings. The Morgan fingerprint density at radius 2 is 2.17 bits per heavy atom. The maximum Gasteiger partial charge on any atom is 0.377 e. The van der Waals surface area contributed by atoms with Gasteiger partial charge in [-0.3, -0.25) is 4.79 Å². The summed E-state index contributed by atoms with van der Waals surface area (Å²) in [6, 6.07) is -3.99. The van der Waals surface area contributed by atoms with Crippen LogP contribution >= 0.6 is 0 Å². The molecule has 0 unspecified atom stereocenters. The zero-order valence-corrected chi connectivity index (χ0v) is 5.64. The standard InChI is InChI=1S/C8H5FO3/c9-6-3-1-2-5(4-6)7(10)8(11)12/h1-4H,(H,11,12)/i1D,2D,3D,4D,7+1. The maximum absolute atomic E-state index is 13.1. The van der Waals surface area contributed by atoms with E-state index in [1.54, 1.807) is 0 Å². The minimum absolute atomic E-state index is 0.918. The lowest BCUT2D eigenvalue weighted by Gasteiger charge is -1.94. The second-order valence-corrected chi connectivity index (χ2v) is 1.82. The smallest absolute Gasteiger partial charge is 0.377 e. The van der Waals surface area contributed by atoms with Gasteiger partial charge in [0.2, 0.25) is 0 Å². The van der Waals surface area contributed by atoms with E-state index in [1.807, 2.05) is 0 Å². The van der Waals surface area contributed by atoms with E-state index in [0.29, 0.717) is 0 Å². The SMILES string of the molecule is [2H]c1c([2H])c(F)c([2H])c([13C](=O)C(=O)O)c1[2H]. The van der Waals surface area contributed by atoms with E-state index >= 15 is 0 Å². The van der Waals surface area contributed by atoms with Gasteiger partial charge in [0, 0.05) is 5.56 Å². The Labute approximate surface area is 73.1 Å². The molecule has 3 nitrogen and oxygen atoms in total. The summed E-state index contributed by atoms with van der Waals surface area (Å²) in [5.74, 6) is -5.06. The molecule has 0 aliphatic heterocycles. The van der Waals surface area contributed by atoms with E-state index < -0.39 is 47.3 Å². The molecule has 0 aromatic heterocycles. The van der Waals surface area contributed by atoms with Crippen LogP contribution in [-0.4, -0.2) is 16.9 Å². The number of carbonyl (C=O) groups is 2. The van der Waals surface area contributed by atoms with E-state index in [9.17, 15) is 14.0 Å². The minimum Gasteiger partial charge on any atom is -0.475 e. The Balaban J connectivity index is 3.64. The van der Waals surface area contributed by atoms with E-state index in [4.69, 9.17) is 10.6 Å². The number of hydrogen-bond acceptors (Lipinski definition) is 2. The van der Waals surface area contributed by atoms with Crippen molar-refractivity contribution < 1.29 is 24.6 Å². The summed E-state index contributed by atoms with van der Waals surface area (Å²) < 4.78 is 41.6. The lowest BCUT2D eigenvalue weighted by Crippen LogP contribution is -2.12. The second-order valence-electron chi connectivity index (χ2n) is 1.82. The Bertz CT molecular complexity index is 472. The fourth-order valence-corrected chi connectivity index (χ4v) is 0.541. The van der Waals surface area contributed by atoms with Crippen LogP contribution in [-0.2, 0) is 4.79 Å². The first-order valence-electron chi connectivity index (χ1n) is 4.82. The number of carbonyl (C=O) groups excluding carboxylic acids is 1. The average molecular weight is 173 g/mol. The van der Waals surface area contributed by atoms with Crippen LogP contribution in [0.1, 0.15) is 15.8 Å². The van der Waals surface area contributed by atoms with Gasteiger partial charge < -0.3 is 5.11 Å². The predicted molar refractivity (Wildman–Crippen MR) is 38.4 cm³/mol. The summed E-state index contributed by atoms with van der Waals surface area (Å²) in [4.78, 5) is 21.4. The van der Waals surface area contributed by atoms with Gasteiger partial charge in [0.05, 0.1) is 5.48 Å². The Kier molecular flexibility index (Phi) is 1.13. The quantitative estimate of drug-likeness (QED) is 0.413. The van der Waals surface area contributed by atoms with Crippen molar-refractivity contribution in [3.05, 3.63) is 35.6 Å². The van der Waals surface area contributed by atoms with Crippen LogP contribution in [0.25, 0.3) is 0 Å². The van der Waals surface area contributed by atoms with Crippen molar-refractivity contribution in [2.75, 3.05) is 0 Å². The summed E-state index contributed by atoms with van der Waals surface area (Å²) >= 11 is 0. The number of hydrogen-bond donors (Lipinski definition) is 1. The summed E-state index contributed by atoms with van der Waals surface area (Å²) in [5.41, 5.74) is -1.01. The molecule has 1 aromatic carbocycles. The summed E-state index contributed by atoms with van der Waals surface area (Å²) in [6.07, 6.45) is 0. The van der Waals surface area contributed by atoms with Crippen molar-refractivity contribution in [2.45, 2.75) is 0 Å². The number of carboxylic acid groups (broad SMARTS) is 1. The highest BCUT2D eigenvalue weighted by atomic mass is 19.1. The molecule has 1 N–H and O–H groups in total. The van der Waals surface area contributed by atoms with Crippen LogP contribution in [0.15, 0.2) is 24.2 Å². The largest absolute Gasteiger partial charge is 0.475 e. The van der Waals surface area contributed by atoms with Gasteiger partial charge in [0.1, 0.15) is 5.82 Å². The van der Waals surface area contributed by atoms with Crippen molar-refractivity contribution in [2.24, 2.45) is 0 Å². The van der Waals surface area contributed by atoms with Gasteiger partial charge in [0.15, 0.2) is 0 Å². The van der Waals surface area contributed by atoms with Crippen LogP contribution in [0.5, 0.6) is 0 Å².